The Morgan fingerprint density at radius 2 is 1.80 bits per heavy atom. The van der Waals surface area contributed by atoms with Crippen LogP contribution in [0.1, 0.15) is 17.3 Å². The maximum atomic E-state index is 11.7. The maximum Gasteiger partial charge on any atom is 0.316 e. The van der Waals surface area contributed by atoms with Gasteiger partial charge in [0.1, 0.15) is 5.92 Å². The van der Waals surface area contributed by atoms with Crippen LogP contribution in [0.2, 0.25) is 5.02 Å². The highest BCUT2D eigenvalue weighted by molar-refractivity contribution is 6.30. The normalized spacial score (nSPS) is 11.9. The zero-order valence-electron chi connectivity index (χ0n) is 8.49. The van der Waals surface area contributed by atoms with Crippen molar-refractivity contribution < 1.29 is 14.3 Å². The smallest absolute Gasteiger partial charge is 0.316 e. The number of ketones is 1. The zero-order valence-corrected chi connectivity index (χ0v) is 9.25. The fourth-order valence-electron chi connectivity index (χ4n) is 1.15. The first-order valence-corrected chi connectivity index (χ1v) is 4.81. The topological polar surface area (TPSA) is 43.4 Å². The van der Waals surface area contributed by atoms with Crippen LogP contribution >= 0.6 is 11.6 Å². The van der Waals surface area contributed by atoms with E-state index < -0.39 is 11.9 Å². The fourth-order valence-corrected chi connectivity index (χ4v) is 1.27. The van der Waals surface area contributed by atoms with E-state index in [-0.39, 0.29) is 5.78 Å². The van der Waals surface area contributed by atoms with Crippen molar-refractivity contribution in [3.8, 4) is 0 Å². The highest BCUT2D eigenvalue weighted by atomic mass is 35.5. The molecule has 0 aromatic heterocycles. The third-order valence-electron chi connectivity index (χ3n) is 2.08. The summed E-state index contributed by atoms with van der Waals surface area (Å²) in [6, 6.07) is 6.39. The van der Waals surface area contributed by atoms with Crippen molar-refractivity contribution in [3.63, 3.8) is 0 Å². The Bertz CT molecular complexity index is 370. The molecule has 3 nitrogen and oxygen atoms in total. The van der Waals surface area contributed by atoms with E-state index in [0.29, 0.717) is 10.6 Å². The molecule has 0 saturated heterocycles. The van der Waals surface area contributed by atoms with Gasteiger partial charge in [-0.25, -0.2) is 0 Å². The van der Waals surface area contributed by atoms with E-state index in [1.165, 1.54) is 14.0 Å². The Labute approximate surface area is 93.0 Å². The van der Waals surface area contributed by atoms with Gasteiger partial charge in [-0.3, -0.25) is 9.59 Å². The van der Waals surface area contributed by atoms with Gasteiger partial charge in [-0.05, 0) is 31.2 Å². The number of hydrogen-bond donors (Lipinski definition) is 0. The molecule has 1 atom stereocenters. The summed E-state index contributed by atoms with van der Waals surface area (Å²) >= 11 is 5.68. The molecule has 0 N–H and O–H groups in total. The molecular formula is C11H11ClO3. The molecule has 0 aliphatic carbocycles. The number of benzene rings is 1. The van der Waals surface area contributed by atoms with Crippen LogP contribution in [0.5, 0.6) is 0 Å². The molecule has 0 spiro atoms. The molecule has 1 unspecified atom stereocenters. The first-order chi connectivity index (χ1) is 7.06. The number of carbonyl (C=O) groups is 2. The van der Waals surface area contributed by atoms with Crippen molar-refractivity contribution >= 4 is 23.4 Å². The minimum atomic E-state index is -0.781. The van der Waals surface area contributed by atoms with E-state index in [0.717, 1.165) is 0 Å². The van der Waals surface area contributed by atoms with Gasteiger partial charge in [-0.1, -0.05) is 11.6 Å². The molecule has 0 amide bonds. The molecule has 1 aromatic rings. The average molecular weight is 227 g/mol. The summed E-state index contributed by atoms with van der Waals surface area (Å²) in [5.41, 5.74) is 0.456. The molecule has 80 valence electrons. The first kappa shape index (κ1) is 11.7. The molecule has 0 fully saturated rings. The van der Waals surface area contributed by atoms with Crippen molar-refractivity contribution in [2.24, 2.45) is 5.92 Å². The lowest BCUT2D eigenvalue weighted by Crippen LogP contribution is -2.22. The van der Waals surface area contributed by atoms with E-state index in [2.05, 4.69) is 4.74 Å². The number of carbonyl (C=O) groups excluding carboxylic acids is 2. The van der Waals surface area contributed by atoms with Crippen LogP contribution in [0.4, 0.5) is 0 Å². The van der Waals surface area contributed by atoms with Crippen molar-refractivity contribution in [3.05, 3.63) is 34.9 Å². The average Bonchev–Trinajstić information content (AvgIpc) is 2.27. The third kappa shape index (κ3) is 2.80. The largest absolute Gasteiger partial charge is 0.468 e. The van der Waals surface area contributed by atoms with Crippen LogP contribution in [0, 0.1) is 5.92 Å². The quantitative estimate of drug-likeness (QED) is 0.451. The Morgan fingerprint density at radius 1 is 1.27 bits per heavy atom. The summed E-state index contributed by atoms with van der Waals surface area (Å²) in [5.74, 6) is -1.58. The molecular weight excluding hydrogens is 216 g/mol. The number of rotatable bonds is 3. The number of Topliss-reactive ketones (excluding diaryl/α,β-unsaturated/α-hetero) is 1. The SMILES string of the molecule is COC(=O)C(C)C(=O)c1ccc(Cl)cc1. The summed E-state index contributed by atoms with van der Waals surface area (Å²) in [6.45, 7) is 1.52. The summed E-state index contributed by atoms with van der Waals surface area (Å²) < 4.78 is 4.49. The van der Waals surface area contributed by atoms with E-state index in [9.17, 15) is 9.59 Å². The number of ether oxygens (including phenoxy) is 1. The second-order valence-corrected chi connectivity index (χ2v) is 3.55. The van der Waals surface area contributed by atoms with Crippen molar-refractivity contribution in [1.82, 2.24) is 0 Å². The van der Waals surface area contributed by atoms with E-state index in [1.54, 1.807) is 24.3 Å². The molecule has 0 heterocycles. The molecule has 0 aliphatic rings. The summed E-state index contributed by atoms with van der Waals surface area (Å²) in [5, 5.41) is 0.553. The van der Waals surface area contributed by atoms with Crippen molar-refractivity contribution in [2.45, 2.75) is 6.92 Å². The Kier molecular flexibility index (Phi) is 3.86. The van der Waals surface area contributed by atoms with Crippen LogP contribution in [0.15, 0.2) is 24.3 Å². The second kappa shape index (κ2) is 4.94. The summed E-state index contributed by atoms with van der Waals surface area (Å²) in [6.07, 6.45) is 0. The zero-order chi connectivity index (χ0) is 11.4. The predicted molar refractivity (Wildman–Crippen MR) is 57.0 cm³/mol. The van der Waals surface area contributed by atoms with Gasteiger partial charge in [0.25, 0.3) is 0 Å². The van der Waals surface area contributed by atoms with Gasteiger partial charge in [-0.15, -0.1) is 0 Å². The van der Waals surface area contributed by atoms with E-state index in [4.69, 9.17) is 11.6 Å². The molecule has 1 rings (SSSR count). The van der Waals surface area contributed by atoms with Gasteiger partial charge in [-0.2, -0.15) is 0 Å². The van der Waals surface area contributed by atoms with Crippen LogP contribution < -0.4 is 0 Å². The monoisotopic (exact) mass is 226 g/mol. The minimum absolute atomic E-state index is 0.265. The molecule has 0 radical (unpaired) electrons. The van der Waals surface area contributed by atoms with E-state index >= 15 is 0 Å². The maximum absolute atomic E-state index is 11.7. The Balaban J connectivity index is 2.85. The molecule has 4 heteroatoms. The van der Waals surface area contributed by atoms with Crippen LogP contribution in [-0.4, -0.2) is 18.9 Å². The summed E-state index contributed by atoms with van der Waals surface area (Å²) in [7, 11) is 1.26. The predicted octanol–water partition coefficient (Wildman–Crippen LogP) is 2.33. The first-order valence-electron chi connectivity index (χ1n) is 4.44. The van der Waals surface area contributed by atoms with Crippen LogP contribution in [0.25, 0.3) is 0 Å². The lowest BCUT2D eigenvalue weighted by atomic mass is 10.00. The fraction of sp³-hybridized carbons (Fsp3) is 0.273. The summed E-state index contributed by atoms with van der Waals surface area (Å²) in [4.78, 5) is 22.8. The number of hydrogen-bond acceptors (Lipinski definition) is 3. The molecule has 0 saturated carbocycles. The van der Waals surface area contributed by atoms with Crippen molar-refractivity contribution in [1.29, 1.82) is 0 Å². The van der Waals surface area contributed by atoms with Crippen LogP contribution in [-0.2, 0) is 9.53 Å². The number of esters is 1. The Hall–Kier alpha value is -1.35. The van der Waals surface area contributed by atoms with Gasteiger partial charge in [0.15, 0.2) is 5.78 Å². The lowest BCUT2D eigenvalue weighted by Gasteiger charge is -2.07. The molecule has 15 heavy (non-hydrogen) atoms. The molecule has 0 aliphatic heterocycles. The van der Waals surface area contributed by atoms with Gasteiger partial charge in [0.05, 0.1) is 7.11 Å². The highest BCUT2D eigenvalue weighted by Crippen LogP contribution is 2.14. The Morgan fingerprint density at radius 3 is 2.27 bits per heavy atom. The molecule has 0 bridgehead atoms. The van der Waals surface area contributed by atoms with Crippen LogP contribution in [0.3, 0.4) is 0 Å². The number of methoxy groups -OCH3 is 1. The van der Waals surface area contributed by atoms with Crippen molar-refractivity contribution in [2.75, 3.05) is 7.11 Å². The number of halogens is 1. The second-order valence-electron chi connectivity index (χ2n) is 3.12. The van der Waals surface area contributed by atoms with E-state index in [1.807, 2.05) is 0 Å². The third-order valence-corrected chi connectivity index (χ3v) is 2.33. The molecule has 1 aromatic carbocycles. The van der Waals surface area contributed by atoms with Gasteiger partial charge in [0, 0.05) is 10.6 Å². The van der Waals surface area contributed by atoms with Gasteiger partial charge in [0.2, 0.25) is 0 Å². The highest BCUT2D eigenvalue weighted by Gasteiger charge is 2.23. The van der Waals surface area contributed by atoms with Gasteiger partial charge >= 0.3 is 5.97 Å². The standard InChI is InChI=1S/C11H11ClO3/c1-7(11(14)15-2)10(13)8-3-5-9(12)6-4-8/h3-7H,1-2H3. The lowest BCUT2D eigenvalue weighted by molar-refractivity contribution is -0.143. The van der Waals surface area contributed by atoms with Gasteiger partial charge < -0.3 is 4.74 Å². The minimum Gasteiger partial charge on any atom is -0.468 e.